The van der Waals surface area contributed by atoms with Crippen molar-refractivity contribution in [2.45, 2.75) is 19.1 Å². The fraction of sp³-hybridized carbons (Fsp3) is 0.312. The standard InChI is InChI=1S/C14H14F3NO.C2HF3O2/c1-18(9-11-3-2-6-19-11)5-4-12-13(16)7-10(15)8-14(12)17;3-2(4,5)1(6)7/h2-3,6-8H,4-5,9H2,1H3;(H,6,7). The smallest absolute Gasteiger partial charge is 0.475 e. The molecule has 0 radical (unpaired) electrons. The van der Waals surface area contributed by atoms with Gasteiger partial charge in [0.2, 0.25) is 0 Å². The van der Waals surface area contributed by atoms with Crippen molar-refractivity contribution in [3.05, 3.63) is 59.3 Å². The van der Waals surface area contributed by atoms with Gasteiger partial charge in [0.15, 0.2) is 0 Å². The summed E-state index contributed by atoms with van der Waals surface area (Å²) in [4.78, 5) is 10.8. The number of rotatable bonds is 5. The minimum absolute atomic E-state index is 0.0901. The summed E-state index contributed by atoms with van der Waals surface area (Å²) in [6.07, 6.45) is -3.34. The Morgan fingerprint density at radius 2 is 1.73 bits per heavy atom. The second-order valence-corrected chi connectivity index (χ2v) is 5.22. The van der Waals surface area contributed by atoms with Crippen LogP contribution in [0.4, 0.5) is 26.3 Å². The topological polar surface area (TPSA) is 53.7 Å². The van der Waals surface area contributed by atoms with E-state index in [0.29, 0.717) is 25.2 Å². The Morgan fingerprint density at radius 1 is 1.19 bits per heavy atom. The van der Waals surface area contributed by atoms with E-state index in [9.17, 15) is 26.3 Å². The van der Waals surface area contributed by atoms with Crippen molar-refractivity contribution in [3.63, 3.8) is 0 Å². The van der Waals surface area contributed by atoms with Crippen LogP contribution in [0.15, 0.2) is 34.9 Å². The van der Waals surface area contributed by atoms with E-state index in [0.717, 1.165) is 5.76 Å². The number of alkyl halides is 3. The molecule has 0 spiro atoms. The highest BCUT2D eigenvalue weighted by molar-refractivity contribution is 5.73. The normalized spacial score (nSPS) is 11.2. The zero-order valence-electron chi connectivity index (χ0n) is 13.5. The molecule has 0 unspecified atom stereocenters. The van der Waals surface area contributed by atoms with E-state index in [2.05, 4.69) is 0 Å². The number of carboxylic acid groups (broad SMARTS) is 1. The summed E-state index contributed by atoms with van der Waals surface area (Å²) in [6.45, 7) is 0.998. The second kappa shape index (κ2) is 9.27. The predicted molar refractivity (Wildman–Crippen MR) is 78.8 cm³/mol. The monoisotopic (exact) mass is 383 g/mol. The lowest BCUT2D eigenvalue weighted by atomic mass is 10.1. The van der Waals surface area contributed by atoms with Gasteiger partial charge >= 0.3 is 12.1 Å². The van der Waals surface area contributed by atoms with E-state index < -0.39 is 29.6 Å². The summed E-state index contributed by atoms with van der Waals surface area (Å²) >= 11 is 0. The average Bonchev–Trinajstić information content (AvgIpc) is 2.98. The van der Waals surface area contributed by atoms with Crippen LogP contribution in [0.3, 0.4) is 0 Å². The first-order valence-corrected chi connectivity index (χ1v) is 7.15. The van der Waals surface area contributed by atoms with Gasteiger partial charge < -0.3 is 9.52 Å². The Bertz CT molecular complexity index is 692. The van der Waals surface area contributed by atoms with Crippen molar-refractivity contribution in [1.82, 2.24) is 4.90 Å². The molecule has 0 saturated heterocycles. The van der Waals surface area contributed by atoms with Crippen LogP contribution in [0.2, 0.25) is 0 Å². The molecule has 0 fully saturated rings. The molecule has 1 N–H and O–H groups in total. The number of carbonyl (C=O) groups is 1. The first-order chi connectivity index (χ1) is 12.0. The zero-order chi connectivity index (χ0) is 19.9. The van der Waals surface area contributed by atoms with Crippen molar-refractivity contribution in [2.24, 2.45) is 0 Å². The molecule has 1 aromatic heterocycles. The fourth-order valence-electron chi connectivity index (χ4n) is 1.86. The van der Waals surface area contributed by atoms with Crippen LogP contribution in [0.1, 0.15) is 11.3 Å². The molecule has 0 atom stereocenters. The van der Waals surface area contributed by atoms with Gasteiger partial charge in [-0.25, -0.2) is 18.0 Å². The van der Waals surface area contributed by atoms with Gasteiger partial charge in [-0.2, -0.15) is 13.2 Å². The Morgan fingerprint density at radius 3 is 2.15 bits per heavy atom. The molecule has 0 aliphatic heterocycles. The van der Waals surface area contributed by atoms with Gasteiger partial charge in [-0.3, -0.25) is 4.90 Å². The highest BCUT2D eigenvalue weighted by Crippen LogP contribution is 2.16. The largest absolute Gasteiger partial charge is 0.490 e. The summed E-state index contributed by atoms with van der Waals surface area (Å²) in [5.41, 5.74) is -0.0901. The van der Waals surface area contributed by atoms with Gasteiger partial charge in [0.1, 0.15) is 23.2 Å². The summed E-state index contributed by atoms with van der Waals surface area (Å²) in [6, 6.07) is 5.01. The summed E-state index contributed by atoms with van der Waals surface area (Å²) < 4.78 is 76.5. The number of aliphatic carboxylic acids is 1. The maximum Gasteiger partial charge on any atom is 0.490 e. The fourth-order valence-corrected chi connectivity index (χ4v) is 1.86. The molecule has 0 saturated carbocycles. The quantitative estimate of drug-likeness (QED) is 0.793. The maximum atomic E-state index is 13.4. The molecule has 1 heterocycles. The molecule has 1 aromatic carbocycles. The molecular formula is C16H15F6NO3. The molecule has 0 bridgehead atoms. The van der Waals surface area contributed by atoms with Crippen LogP contribution in [0, 0.1) is 17.5 Å². The lowest BCUT2D eigenvalue weighted by molar-refractivity contribution is -0.192. The van der Waals surface area contributed by atoms with E-state index in [1.807, 2.05) is 18.0 Å². The van der Waals surface area contributed by atoms with Crippen molar-refractivity contribution in [3.8, 4) is 0 Å². The molecule has 144 valence electrons. The number of likely N-dealkylation sites (N-methyl/N-ethyl adjacent to an activating group) is 1. The van der Waals surface area contributed by atoms with Crippen LogP contribution in [0.25, 0.3) is 0 Å². The molecule has 0 amide bonds. The van der Waals surface area contributed by atoms with Crippen LogP contribution >= 0.6 is 0 Å². The van der Waals surface area contributed by atoms with Gasteiger partial charge in [-0.1, -0.05) is 0 Å². The second-order valence-electron chi connectivity index (χ2n) is 5.22. The predicted octanol–water partition coefficient (Wildman–Crippen LogP) is 4.00. The lowest BCUT2D eigenvalue weighted by Gasteiger charge is -2.15. The minimum Gasteiger partial charge on any atom is -0.475 e. The average molecular weight is 383 g/mol. The van der Waals surface area contributed by atoms with Crippen LogP contribution in [-0.2, 0) is 17.8 Å². The first-order valence-electron chi connectivity index (χ1n) is 7.15. The number of hydrogen-bond donors (Lipinski definition) is 1. The van der Waals surface area contributed by atoms with Crippen LogP contribution in [0.5, 0.6) is 0 Å². The molecule has 4 nitrogen and oxygen atoms in total. The van der Waals surface area contributed by atoms with Crippen molar-refractivity contribution in [2.75, 3.05) is 13.6 Å². The van der Waals surface area contributed by atoms with Gasteiger partial charge in [-0.15, -0.1) is 0 Å². The Hall–Kier alpha value is -2.49. The van der Waals surface area contributed by atoms with Crippen LogP contribution < -0.4 is 0 Å². The van der Waals surface area contributed by atoms with Crippen LogP contribution in [-0.4, -0.2) is 35.7 Å². The minimum atomic E-state index is -5.08. The highest BCUT2D eigenvalue weighted by atomic mass is 19.4. The van der Waals surface area contributed by atoms with E-state index in [1.54, 1.807) is 12.3 Å². The lowest BCUT2D eigenvalue weighted by Crippen LogP contribution is -2.21. The van der Waals surface area contributed by atoms with Crippen molar-refractivity contribution < 1.29 is 40.7 Å². The van der Waals surface area contributed by atoms with Gasteiger partial charge in [0.25, 0.3) is 0 Å². The number of nitrogens with zero attached hydrogens (tertiary/aromatic N) is 1. The number of benzene rings is 1. The maximum absolute atomic E-state index is 13.4. The molecule has 0 aliphatic rings. The number of hydrogen-bond acceptors (Lipinski definition) is 3. The van der Waals surface area contributed by atoms with E-state index in [-0.39, 0.29) is 12.0 Å². The number of furan rings is 1. The summed E-state index contributed by atoms with van der Waals surface area (Å²) in [5.74, 6) is -4.56. The molecule has 26 heavy (non-hydrogen) atoms. The Balaban J connectivity index is 0.000000412. The van der Waals surface area contributed by atoms with Crippen molar-refractivity contribution in [1.29, 1.82) is 0 Å². The van der Waals surface area contributed by atoms with E-state index in [4.69, 9.17) is 14.3 Å². The Labute approximate surface area is 144 Å². The van der Waals surface area contributed by atoms with Gasteiger partial charge in [-0.05, 0) is 25.6 Å². The number of carboxylic acids is 1. The molecule has 10 heteroatoms. The van der Waals surface area contributed by atoms with E-state index in [1.165, 1.54) is 0 Å². The highest BCUT2D eigenvalue weighted by Gasteiger charge is 2.38. The SMILES string of the molecule is CN(CCc1c(F)cc(F)cc1F)Cc1ccco1.O=C(O)C(F)(F)F. The Kier molecular flexibility index (Phi) is 7.69. The molecule has 2 aromatic rings. The first kappa shape index (κ1) is 21.6. The molecule has 0 aliphatic carbocycles. The third-order valence-corrected chi connectivity index (χ3v) is 3.10. The third-order valence-electron chi connectivity index (χ3n) is 3.10. The number of halogens is 6. The van der Waals surface area contributed by atoms with Gasteiger partial charge in [0, 0.05) is 24.2 Å². The zero-order valence-corrected chi connectivity index (χ0v) is 13.5. The summed E-state index contributed by atoms with van der Waals surface area (Å²) in [7, 11) is 1.82. The third kappa shape index (κ3) is 7.18. The summed E-state index contributed by atoms with van der Waals surface area (Å²) in [5, 5.41) is 7.12. The molecular weight excluding hydrogens is 368 g/mol. The van der Waals surface area contributed by atoms with E-state index >= 15 is 0 Å². The molecule has 2 rings (SSSR count). The van der Waals surface area contributed by atoms with Gasteiger partial charge in [0.05, 0.1) is 12.8 Å². The van der Waals surface area contributed by atoms with Crippen molar-refractivity contribution >= 4 is 5.97 Å².